The molecule has 3 rings (SSSR count). The molecule has 11 heteroatoms. The zero-order chi connectivity index (χ0) is 23.1. The van der Waals surface area contributed by atoms with Gasteiger partial charge in [-0.15, -0.1) is 23.5 Å². The van der Waals surface area contributed by atoms with E-state index in [4.69, 9.17) is 16.3 Å². The fourth-order valence-corrected chi connectivity index (χ4v) is 5.26. The zero-order valence-electron chi connectivity index (χ0n) is 19.1. The van der Waals surface area contributed by atoms with Crippen molar-refractivity contribution in [1.29, 1.82) is 0 Å². The molecule has 1 aromatic heterocycles. The molecule has 2 N–H and O–H groups in total. The average molecular weight is 531 g/mol. The monoisotopic (exact) mass is 530 g/mol. The molecule has 3 aromatic rings. The van der Waals surface area contributed by atoms with Crippen LogP contribution in [0.1, 0.15) is 15.8 Å². The summed E-state index contributed by atoms with van der Waals surface area (Å²) in [5.41, 5.74) is 2.43. The van der Waals surface area contributed by atoms with Gasteiger partial charge in [-0.1, -0.05) is 35.9 Å². The molecule has 0 aliphatic rings. The number of ether oxygens (including phenoxy) is 1. The van der Waals surface area contributed by atoms with E-state index in [1.54, 1.807) is 14.1 Å². The quantitative estimate of drug-likeness (QED) is 0.267. The Morgan fingerprint density at radius 2 is 1.79 bits per heavy atom. The molecule has 1 heterocycles. The second-order valence-electron chi connectivity index (χ2n) is 7.11. The molecule has 1 amide bonds. The van der Waals surface area contributed by atoms with Crippen molar-refractivity contribution in [3.8, 4) is 5.75 Å². The largest absolute Gasteiger partial charge is 1.00 e. The number of carboxylic acids is 1. The first-order valence-electron chi connectivity index (χ1n) is 9.73. The molecule has 2 aromatic carbocycles. The summed E-state index contributed by atoms with van der Waals surface area (Å²) in [6.07, 6.45) is 0. The number of rotatable bonds is 10. The van der Waals surface area contributed by atoms with Gasteiger partial charge in [-0.25, -0.2) is 4.98 Å². The van der Waals surface area contributed by atoms with Crippen molar-refractivity contribution in [2.45, 2.75) is 11.2 Å². The van der Waals surface area contributed by atoms with Gasteiger partial charge in [0.15, 0.2) is 0 Å². The van der Waals surface area contributed by atoms with Gasteiger partial charge < -0.3 is 25.0 Å². The normalized spacial score (nSPS) is 11.1. The summed E-state index contributed by atoms with van der Waals surface area (Å²) in [6, 6.07) is 16.9. The number of benzene rings is 2. The molecular weight excluding hydrogens is 507 g/mol. The molecule has 0 aliphatic carbocycles. The number of carbonyl (C=O) groups excluding carboxylic acids is 2. The van der Waals surface area contributed by atoms with Crippen LogP contribution in [-0.2, 0) is 16.2 Å². The molecule has 0 bridgehead atoms. The van der Waals surface area contributed by atoms with Gasteiger partial charge in [-0.3, -0.25) is 4.79 Å². The molecule has 0 fully saturated rings. The fraction of sp³-hybridized carbons (Fsp3) is 0.261. The number of fused-ring (bicyclic) bond motifs is 1. The van der Waals surface area contributed by atoms with Gasteiger partial charge in [0.25, 0.3) is 0 Å². The minimum absolute atomic E-state index is 0. The van der Waals surface area contributed by atoms with Gasteiger partial charge in [-0.2, -0.15) is 0 Å². The van der Waals surface area contributed by atoms with E-state index in [0.717, 1.165) is 22.2 Å². The van der Waals surface area contributed by atoms with Crippen molar-refractivity contribution < 1.29 is 54.5 Å². The summed E-state index contributed by atoms with van der Waals surface area (Å²) < 4.78 is 5.68. The molecule has 7 nitrogen and oxygen atoms in total. The molecule has 176 valence electrons. The molecule has 0 spiro atoms. The van der Waals surface area contributed by atoms with Gasteiger partial charge in [0.05, 0.1) is 27.5 Å². The minimum atomic E-state index is -1.14. The maximum absolute atomic E-state index is 12.0. The van der Waals surface area contributed by atoms with Crippen molar-refractivity contribution in [2.24, 2.45) is 0 Å². The number of amides is 1. The van der Waals surface area contributed by atoms with Crippen molar-refractivity contribution in [2.75, 3.05) is 25.6 Å². The predicted molar refractivity (Wildman–Crippen MR) is 132 cm³/mol. The van der Waals surface area contributed by atoms with Crippen LogP contribution < -0.4 is 39.4 Å². The van der Waals surface area contributed by atoms with E-state index in [9.17, 15) is 14.7 Å². The second kappa shape index (κ2) is 14.8. The topological polar surface area (TPSA) is 114 Å². The molecule has 0 radical (unpaired) electrons. The third kappa shape index (κ3) is 9.30. The van der Waals surface area contributed by atoms with Gasteiger partial charge >= 0.3 is 29.6 Å². The maximum atomic E-state index is 12.0. The van der Waals surface area contributed by atoms with E-state index in [0.29, 0.717) is 10.8 Å². The van der Waals surface area contributed by atoms with Crippen LogP contribution in [0.5, 0.6) is 5.75 Å². The minimum Gasteiger partial charge on any atom is -0.549 e. The summed E-state index contributed by atoms with van der Waals surface area (Å²) in [4.78, 5) is 29.1. The van der Waals surface area contributed by atoms with E-state index in [-0.39, 0.29) is 63.6 Å². The summed E-state index contributed by atoms with van der Waals surface area (Å²) in [5, 5.41) is 12.6. The zero-order valence-corrected chi connectivity index (χ0v) is 23.5. The number of thioether (sulfide) groups is 2. The van der Waals surface area contributed by atoms with Gasteiger partial charge in [-0.05, 0) is 35.9 Å². The predicted octanol–water partition coefficient (Wildman–Crippen LogP) is -0.0504. The van der Waals surface area contributed by atoms with Crippen molar-refractivity contribution >= 4 is 57.9 Å². The van der Waals surface area contributed by atoms with Crippen LogP contribution in [0.2, 0.25) is 5.02 Å². The Labute approximate surface area is 234 Å². The number of hydrogen-bond donors (Lipinski definition) is 0. The smallest absolute Gasteiger partial charge is 0.549 e. The number of carbonyl (C=O) groups is 2. The van der Waals surface area contributed by atoms with Crippen LogP contribution in [0, 0.1) is 0 Å². The Morgan fingerprint density at radius 3 is 2.50 bits per heavy atom. The summed E-state index contributed by atoms with van der Waals surface area (Å²) in [7, 11) is 3.38. The standard InChI is InChI=1S/C23H23ClN2O4S2.Na.H2O/c1-26(2)21(27)13-31-23(32-14-22(28)29)16-4-3-5-19(10-16)30-12-18-9-7-15-6-8-17(24)11-20(15)25-18;;/h3-11,23H,12-14H2,1-2H3,(H,28,29);;1H2/q;+1;/p-1. The van der Waals surface area contributed by atoms with Gasteiger partial charge in [0.1, 0.15) is 12.4 Å². The number of carboxylic acid groups (broad SMARTS) is 1. The number of nitrogens with zero attached hydrogens (tertiary/aromatic N) is 2. The van der Waals surface area contributed by atoms with Crippen LogP contribution >= 0.6 is 35.1 Å². The number of aromatic nitrogens is 1. The maximum Gasteiger partial charge on any atom is 1.00 e. The second-order valence-corrected chi connectivity index (χ2v) is 10.0. The van der Waals surface area contributed by atoms with Crippen LogP contribution in [0.15, 0.2) is 54.6 Å². The van der Waals surface area contributed by atoms with Crippen molar-refractivity contribution in [1.82, 2.24) is 9.88 Å². The van der Waals surface area contributed by atoms with Crippen molar-refractivity contribution in [3.63, 3.8) is 0 Å². The third-order valence-electron chi connectivity index (χ3n) is 4.44. The molecule has 0 saturated heterocycles. The van der Waals surface area contributed by atoms with Gasteiger partial charge in [0, 0.05) is 30.3 Å². The molecule has 34 heavy (non-hydrogen) atoms. The van der Waals surface area contributed by atoms with E-state index < -0.39 is 5.97 Å². The summed E-state index contributed by atoms with van der Waals surface area (Å²) in [5.74, 6) is -0.470. The van der Waals surface area contributed by atoms with Crippen LogP contribution in [-0.4, -0.2) is 52.8 Å². The van der Waals surface area contributed by atoms with E-state index in [1.807, 2.05) is 54.6 Å². The SMILES string of the molecule is CN(C)C(=O)CSC(SCC(=O)[O-])c1cccc(OCc2ccc3ccc(Cl)cc3n2)c1.O.[Na+]. The molecule has 0 saturated carbocycles. The van der Waals surface area contributed by atoms with E-state index in [2.05, 4.69) is 4.98 Å². The average Bonchev–Trinajstić information content (AvgIpc) is 2.77. The Morgan fingerprint density at radius 1 is 1.09 bits per heavy atom. The molecular formula is C23H24ClN2NaO5S2. The van der Waals surface area contributed by atoms with Gasteiger partial charge in [0.2, 0.25) is 5.91 Å². The Hall–Kier alpha value is -1.46. The number of aliphatic carboxylic acids is 1. The Kier molecular flexibility index (Phi) is 13.3. The molecule has 1 atom stereocenters. The number of pyridine rings is 1. The summed E-state index contributed by atoms with van der Waals surface area (Å²) >= 11 is 8.65. The molecule has 0 aliphatic heterocycles. The fourth-order valence-electron chi connectivity index (χ4n) is 2.78. The number of hydrogen-bond acceptors (Lipinski definition) is 7. The first-order chi connectivity index (χ1) is 15.3. The Balaban J connectivity index is 0.00000289. The van der Waals surface area contributed by atoms with Crippen molar-refractivity contribution in [3.05, 3.63) is 70.9 Å². The summed E-state index contributed by atoms with van der Waals surface area (Å²) in [6.45, 7) is 0.273. The van der Waals surface area contributed by atoms with E-state index >= 15 is 0 Å². The third-order valence-corrected chi connectivity index (χ3v) is 7.46. The van der Waals surface area contributed by atoms with E-state index in [1.165, 1.54) is 28.4 Å². The first-order valence-corrected chi connectivity index (χ1v) is 12.2. The molecule has 1 unspecified atom stereocenters. The number of halogens is 1. The van der Waals surface area contributed by atoms with Crippen LogP contribution in [0.3, 0.4) is 0 Å². The first kappa shape index (κ1) is 30.6. The van der Waals surface area contributed by atoms with Crippen LogP contribution in [0.25, 0.3) is 10.9 Å². The van der Waals surface area contributed by atoms with Crippen LogP contribution in [0.4, 0.5) is 0 Å². The Bertz CT molecular complexity index is 1120.